The highest BCUT2D eigenvalue weighted by molar-refractivity contribution is 6.12. The quantitative estimate of drug-likeness (QED) is 0.157. The first-order chi connectivity index (χ1) is 27.8. The third-order valence-electron chi connectivity index (χ3n) is 10.0. The summed E-state index contributed by atoms with van der Waals surface area (Å²) in [6.45, 7) is 8.49. The highest BCUT2D eigenvalue weighted by Gasteiger charge is 2.49. The molecule has 5 rings (SSSR count). The molecule has 2 aliphatic rings. The fourth-order valence-electron chi connectivity index (χ4n) is 7.02. The van der Waals surface area contributed by atoms with Crippen LogP contribution in [-0.4, -0.2) is 123 Å². The lowest BCUT2D eigenvalue weighted by Gasteiger charge is -2.42. The number of nitrogens with zero attached hydrogens (tertiary/aromatic N) is 5. The Hall–Kier alpha value is -5.55. The van der Waals surface area contributed by atoms with E-state index in [1.807, 2.05) is 18.2 Å². The standard InChI is InChI=1S/C42H51F3N6O8/c1-26(52)38(55)51(23-28-22-49(24-32(28)45)40(57)59-41(2,3)4)36(42(5,6)39(56)46-16-18-58-19-17-50-34(53)14-15-35(50)54)37-47-33(30-20-29(43)12-13-31(30)44)25-48(37)21-27-10-8-7-9-11-27/h7-15,20,25-26,28,32,36,52H,16-19,21-24H2,1-6H3,(H,46,56). The number of carbonyl (C=O) groups excluding carboxylic acids is 5. The van der Waals surface area contributed by atoms with Crippen molar-refractivity contribution in [3.05, 3.63) is 89.9 Å². The Morgan fingerprint density at radius 3 is 2.32 bits per heavy atom. The smallest absolute Gasteiger partial charge is 0.410 e. The predicted molar refractivity (Wildman–Crippen MR) is 209 cm³/mol. The summed E-state index contributed by atoms with van der Waals surface area (Å²) in [5.74, 6) is -4.88. The lowest BCUT2D eigenvalue weighted by molar-refractivity contribution is -0.150. The molecule has 17 heteroatoms. The molecule has 4 unspecified atom stereocenters. The molecule has 0 radical (unpaired) electrons. The summed E-state index contributed by atoms with van der Waals surface area (Å²) >= 11 is 0. The summed E-state index contributed by atoms with van der Waals surface area (Å²) in [5, 5.41) is 13.6. The number of ether oxygens (including phenoxy) is 2. The van der Waals surface area contributed by atoms with Gasteiger partial charge >= 0.3 is 6.09 Å². The lowest BCUT2D eigenvalue weighted by atomic mass is 9.80. The van der Waals surface area contributed by atoms with Crippen molar-refractivity contribution >= 4 is 29.7 Å². The van der Waals surface area contributed by atoms with E-state index in [1.165, 1.54) is 36.8 Å². The molecule has 2 aromatic carbocycles. The molecule has 318 valence electrons. The van der Waals surface area contributed by atoms with Crippen molar-refractivity contribution in [1.82, 2.24) is 29.6 Å². The van der Waals surface area contributed by atoms with E-state index in [9.17, 15) is 33.5 Å². The van der Waals surface area contributed by atoms with Crippen LogP contribution in [0.25, 0.3) is 11.3 Å². The second-order valence-corrected chi connectivity index (χ2v) is 16.2. The fourth-order valence-corrected chi connectivity index (χ4v) is 7.02. The number of likely N-dealkylation sites (tertiary alicyclic amines) is 1. The number of aromatic nitrogens is 2. The number of imide groups is 1. The average Bonchev–Trinajstić information content (AvgIpc) is 3.85. The molecule has 0 bridgehead atoms. The van der Waals surface area contributed by atoms with Gasteiger partial charge in [-0.3, -0.25) is 24.1 Å². The Morgan fingerprint density at radius 1 is 1.00 bits per heavy atom. The van der Waals surface area contributed by atoms with E-state index in [0.29, 0.717) is 0 Å². The second kappa shape index (κ2) is 18.6. The maximum atomic E-state index is 16.0. The number of hydrogen-bond acceptors (Lipinski definition) is 9. The van der Waals surface area contributed by atoms with Crippen LogP contribution in [0.15, 0.2) is 66.9 Å². The third kappa shape index (κ3) is 10.9. The Kier molecular flexibility index (Phi) is 14.0. The molecular formula is C42H51F3N6O8. The van der Waals surface area contributed by atoms with Crippen LogP contribution in [0.4, 0.5) is 18.0 Å². The zero-order valence-electron chi connectivity index (χ0n) is 34.0. The largest absolute Gasteiger partial charge is 0.444 e. The first-order valence-corrected chi connectivity index (χ1v) is 19.3. The van der Waals surface area contributed by atoms with Crippen molar-refractivity contribution in [3.8, 4) is 11.3 Å². The van der Waals surface area contributed by atoms with Crippen molar-refractivity contribution in [1.29, 1.82) is 0 Å². The van der Waals surface area contributed by atoms with Gasteiger partial charge in [0.05, 0.1) is 37.4 Å². The average molecular weight is 825 g/mol. The van der Waals surface area contributed by atoms with Crippen LogP contribution in [0, 0.1) is 23.0 Å². The number of aliphatic hydroxyl groups excluding tert-OH is 1. The van der Waals surface area contributed by atoms with Crippen LogP contribution in [0.5, 0.6) is 0 Å². The molecule has 3 heterocycles. The molecule has 1 saturated heterocycles. The first-order valence-electron chi connectivity index (χ1n) is 19.3. The maximum absolute atomic E-state index is 16.0. The Morgan fingerprint density at radius 2 is 1.68 bits per heavy atom. The number of nitrogens with one attached hydrogen (secondary N) is 1. The Bertz CT molecular complexity index is 2030. The van der Waals surface area contributed by atoms with Gasteiger partial charge in [-0.2, -0.15) is 0 Å². The SMILES string of the molecule is CC(O)C(=O)N(CC1CN(C(=O)OC(C)(C)C)CC1F)C(c1nc(-c2cc(F)ccc2F)cn1Cc1ccccc1)C(C)(C)C(=O)NCCOCCN1C(=O)C=CC1=O. The zero-order valence-corrected chi connectivity index (χ0v) is 34.0. The summed E-state index contributed by atoms with van der Waals surface area (Å²) in [6, 6.07) is 10.6. The van der Waals surface area contributed by atoms with Gasteiger partial charge in [-0.15, -0.1) is 0 Å². The molecule has 0 aliphatic carbocycles. The van der Waals surface area contributed by atoms with Crippen LogP contribution in [0.2, 0.25) is 0 Å². The van der Waals surface area contributed by atoms with Gasteiger partial charge in [-0.25, -0.2) is 22.9 Å². The summed E-state index contributed by atoms with van der Waals surface area (Å²) in [6.07, 6.45) is -0.231. The Labute approximate surface area is 340 Å². The van der Waals surface area contributed by atoms with Crippen LogP contribution < -0.4 is 5.32 Å². The molecule has 3 aromatic rings. The number of imidazole rings is 1. The van der Waals surface area contributed by atoms with Gasteiger partial charge < -0.3 is 34.3 Å². The molecule has 59 heavy (non-hydrogen) atoms. The molecular weight excluding hydrogens is 773 g/mol. The zero-order chi connectivity index (χ0) is 43.2. The molecule has 0 spiro atoms. The Balaban J connectivity index is 1.53. The highest BCUT2D eigenvalue weighted by atomic mass is 19.1. The molecule has 1 aromatic heterocycles. The van der Waals surface area contributed by atoms with Gasteiger partial charge in [0, 0.05) is 56.0 Å². The van der Waals surface area contributed by atoms with Gasteiger partial charge in [-0.1, -0.05) is 30.3 Å². The van der Waals surface area contributed by atoms with Crippen molar-refractivity contribution in [2.45, 2.75) is 72.0 Å². The number of hydrogen-bond donors (Lipinski definition) is 2. The number of halogens is 3. The number of benzene rings is 2. The van der Waals surface area contributed by atoms with Gasteiger partial charge in [-0.05, 0) is 65.3 Å². The van der Waals surface area contributed by atoms with E-state index in [4.69, 9.17) is 14.5 Å². The van der Waals surface area contributed by atoms with Gasteiger partial charge in [0.2, 0.25) is 5.91 Å². The first kappa shape index (κ1) is 44.6. The van der Waals surface area contributed by atoms with E-state index in [0.717, 1.165) is 40.8 Å². The predicted octanol–water partition coefficient (Wildman–Crippen LogP) is 4.42. The third-order valence-corrected chi connectivity index (χ3v) is 10.0. The van der Waals surface area contributed by atoms with E-state index < -0.39 is 76.6 Å². The number of alkyl halides is 1. The summed E-state index contributed by atoms with van der Waals surface area (Å²) in [4.78, 5) is 73.5. The molecule has 1 fully saturated rings. The number of amides is 5. The second-order valence-electron chi connectivity index (χ2n) is 16.2. The molecule has 14 nitrogen and oxygen atoms in total. The normalized spacial score (nSPS) is 18.0. The van der Waals surface area contributed by atoms with Gasteiger partial charge in [0.15, 0.2) is 0 Å². The van der Waals surface area contributed by atoms with Crippen LogP contribution >= 0.6 is 0 Å². The minimum atomic E-state index is -1.64. The van der Waals surface area contributed by atoms with Crippen LogP contribution in [0.1, 0.15) is 59.0 Å². The number of carbonyl (C=O) groups is 5. The molecule has 0 saturated carbocycles. The van der Waals surface area contributed by atoms with E-state index >= 15 is 8.78 Å². The molecule has 5 amide bonds. The van der Waals surface area contributed by atoms with E-state index in [2.05, 4.69) is 5.32 Å². The molecule has 2 aliphatic heterocycles. The van der Waals surface area contributed by atoms with E-state index in [-0.39, 0.29) is 69.6 Å². The van der Waals surface area contributed by atoms with Crippen LogP contribution in [-0.2, 0) is 35.2 Å². The topological polar surface area (TPSA) is 164 Å². The molecule has 2 N–H and O–H groups in total. The van der Waals surface area contributed by atoms with E-state index in [1.54, 1.807) is 37.5 Å². The van der Waals surface area contributed by atoms with Gasteiger partial charge in [0.1, 0.15) is 41.4 Å². The highest BCUT2D eigenvalue weighted by Crippen LogP contribution is 2.42. The number of rotatable bonds is 16. The maximum Gasteiger partial charge on any atom is 0.410 e. The summed E-state index contributed by atoms with van der Waals surface area (Å²) in [5.41, 5.74) is -1.95. The number of aliphatic hydroxyl groups is 1. The van der Waals surface area contributed by atoms with Crippen molar-refractivity contribution < 1.29 is 51.7 Å². The summed E-state index contributed by atoms with van der Waals surface area (Å²) < 4.78 is 58.5. The monoisotopic (exact) mass is 824 g/mol. The van der Waals surface area contributed by atoms with Crippen molar-refractivity contribution in [2.75, 3.05) is 45.9 Å². The minimum absolute atomic E-state index is 0.000152. The minimum Gasteiger partial charge on any atom is -0.444 e. The fraction of sp³-hybridized carbons (Fsp3) is 0.476. The molecule has 4 atom stereocenters. The van der Waals surface area contributed by atoms with Crippen LogP contribution in [0.3, 0.4) is 0 Å². The lowest BCUT2D eigenvalue weighted by Crippen LogP contribution is -2.54. The van der Waals surface area contributed by atoms with Crippen molar-refractivity contribution in [2.24, 2.45) is 11.3 Å². The summed E-state index contributed by atoms with van der Waals surface area (Å²) in [7, 11) is 0. The van der Waals surface area contributed by atoms with Crippen molar-refractivity contribution in [3.63, 3.8) is 0 Å². The van der Waals surface area contributed by atoms with Gasteiger partial charge in [0.25, 0.3) is 17.7 Å².